The summed E-state index contributed by atoms with van der Waals surface area (Å²) in [5, 5.41) is 1.39. The number of fused-ring (bicyclic) bond motifs is 1. The Morgan fingerprint density at radius 3 is 1.58 bits per heavy atom. The molecule has 7 heteroatoms. The van der Waals surface area contributed by atoms with E-state index in [1.165, 1.54) is 116 Å². The molecule has 0 aliphatic carbocycles. The first-order valence-corrected chi connectivity index (χ1v) is 21.1. The smallest absolute Gasteiger partial charge is 0.362 e. The largest absolute Gasteiger partial charge is 0.457 e. The van der Waals surface area contributed by atoms with Crippen LogP contribution in [-0.4, -0.2) is 49.7 Å². The number of hydrogen-bond acceptors (Lipinski definition) is 5. The van der Waals surface area contributed by atoms with Crippen LogP contribution < -0.4 is 10.5 Å². The van der Waals surface area contributed by atoms with Gasteiger partial charge < -0.3 is 18.5 Å². The van der Waals surface area contributed by atoms with Gasteiger partial charge in [-0.3, -0.25) is 0 Å². The summed E-state index contributed by atoms with van der Waals surface area (Å²) < 4.78 is 12.3. The van der Waals surface area contributed by atoms with E-state index < -0.39 is 5.63 Å². The Kier molecular flexibility index (Phi) is 22.8. The molecule has 2 aromatic rings. The van der Waals surface area contributed by atoms with Crippen molar-refractivity contribution in [2.45, 2.75) is 177 Å². The monoisotopic (exact) mass is 718 g/mol. The van der Waals surface area contributed by atoms with Crippen LogP contribution in [0.4, 0.5) is 5.69 Å². The molecule has 0 aliphatic rings. The van der Waals surface area contributed by atoms with Crippen molar-refractivity contribution >= 4 is 34.2 Å². The van der Waals surface area contributed by atoms with Crippen LogP contribution in [0.2, 0.25) is 5.02 Å². The summed E-state index contributed by atoms with van der Waals surface area (Å²) in [5.74, 6) is -0.252. The number of anilines is 1. The average Bonchev–Trinajstić information content (AvgIpc) is 3.11. The van der Waals surface area contributed by atoms with E-state index in [9.17, 15) is 9.59 Å². The number of nitrogens with zero attached hydrogens (tertiary/aromatic N) is 2. The predicted molar refractivity (Wildman–Crippen MR) is 215 cm³/mol. The molecule has 1 aromatic carbocycles. The van der Waals surface area contributed by atoms with E-state index >= 15 is 0 Å². The summed E-state index contributed by atoms with van der Waals surface area (Å²) in [5.41, 5.74) is 2.17. The van der Waals surface area contributed by atoms with Crippen molar-refractivity contribution < 1.29 is 18.4 Å². The molecular weight excluding hydrogens is 644 g/mol. The molecule has 0 unspecified atom stereocenters. The molecule has 1 heterocycles. The maximum absolute atomic E-state index is 13.0. The van der Waals surface area contributed by atoms with Crippen molar-refractivity contribution in [2.75, 3.05) is 44.2 Å². The molecule has 0 fully saturated rings. The number of carbonyl (C=O) groups is 1. The lowest BCUT2D eigenvalue weighted by atomic mass is 10.0. The zero-order valence-corrected chi connectivity index (χ0v) is 33.9. The summed E-state index contributed by atoms with van der Waals surface area (Å²) in [4.78, 5) is 28.4. The molecule has 0 spiro atoms. The van der Waals surface area contributed by atoms with E-state index in [2.05, 4.69) is 39.5 Å². The lowest BCUT2D eigenvalue weighted by Gasteiger charge is -2.34. The number of esters is 1. The van der Waals surface area contributed by atoms with Gasteiger partial charge in [0.2, 0.25) is 0 Å². The number of halogens is 1. The maximum Gasteiger partial charge on any atom is 0.362 e. The van der Waals surface area contributed by atoms with Crippen LogP contribution >= 0.6 is 11.6 Å². The number of benzene rings is 1. The van der Waals surface area contributed by atoms with E-state index in [0.717, 1.165) is 56.6 Å². The Morgan fingerprint density at radius 1 is 0.700 bits per heavy atom. The summed E-state index contributed by atoms with van der Waals surface area (Å²) in [6, 6.07) is 3.86. The van der Waals surface area contributed by atoms with E-state index in [-0.39, 0.29) is 12.6 Å². The minimum atomic E-state index is -0.395. The minimum absolute atomic E-state index is 0.0283. The molecule has 0 atom stereocenters. The van der Waals surface area contributed by atoms with Gasteiger partial charge in [-0.1, -0.05) is 141 Å². The standard InChI is InChI=1S/C43H74ClN2O4/c1-7-12-14-16-18-20-22-24-26-28-30-45(31-29-27-25-23-21-19-17-15-13-8-2)40-33-41-37(32-39(40)44)38(36(6)43(48)50-41)35-49-42(47)34-46(9-3,10-4)11-5/h32-33H,7-31,34-35H2,1-6H3/q+1. The third kappa shape index (κ3) is 15.7. The Bertz CT molecular complexity index is 1240. The molecule has 1 aromatic heterocycles. The highest BCUT2D eigenvalue weighted by molar-refractivity contribution is 6.34. The second-order valence-electron chi connectivity index (χ2n) is 14.8. The van der Waals surface area contributed by atoms with Crippen LogP contribution in [0.5, 0.6) is 0 Å². The van der Waals surface area contributed by atoms with Gasteiger partial charge in [-0.05, 0) is 46.6 Å². The van der Waals surface area contributed by atoms with Gasteiger partial charge in [-0.2, -0.15) is 0 Å². The van der Waals surface area contributed by atoms with Gasteiger partial charge in [0.15, 0.2) is 6.54 Å². The molecule has 0 bridgehead atoms. The number of quaternary nitrogens is 1. The summed E-state index contributed by atoms with van der Waals surface area (Å²) in [6.45, 7) is 17.4. The fourth-order valence-corrected chi connectivity index (χ4v) is 7.49. The first kappa shape index (κ1) is 44.1. The second kappa shape index (κ2) is 25.8. The highest BCUT2D eigenvalue weighted by atomic mass is 35.5. The molecule has 6 nitrogen and oxygen atoms in total. The van der Waals surface area contributed by atoms with Crippen molar-refractivity contribution in [3.63, 3.8) is 0 Å². The van der Waals surface area contributed by atoms with Gasteiger partial charge in [-0.15, -0.1) is 0 Å². The highest BCUT2D eigenvalue weighted by Gasteiger charge is 2.26. The van der Waals surface area contributed by atoms with Crippen molar-refractivity contribution in [3.05, 3.63) is 38.7 Å². The zero-order chi connectivity index (χ0) is 36.6. The van der Waals surface area contributed by atoms with Crippen LogP contribution in [-0.2, 0) is 16.1 Å². The van der Waals surface area contributed by atoms with Crippen LogP contribution in [0.3, 0.4) is 0 Å². The van der Waals surface area contributed by atoms with Crippen LogP contribution in [0.25, 0.3) is 11.0 Å². The fraction of sp³-hybridized carbons (Fsp3) is 0.767. The first-order chi connectivity index (χ1) is 24.2. The van der Waals surface area contributed by atoms with Crippen molar-refractivity contribution in [1.29, 1.82) is 0 Å². The number of rotatable bonds is 30. The number of hydrogen-bond donors (Lipinski definition) is 0. The van der Waals surface area contributed by atoms with Crippen LogP contribution in [0.1, 0.15) is 174 Å². The van der Waals surface area contributed by atoms with E-state index in [0.29, 0.717) is 32.8 Å². The Hall–Kier alpha value is -2.05. The molecule has 0 saturated heterocycles. The predicted octanol–water partition coefficient (Wildman–Crippen LogP) is 12.3. The summed E-state index contributed by atoms with van der Waals surface area (Å²) in [6.07, 6.45) is 26.1. The van der Waals surface area contributed by atoms with Crippen molar-refractivity contribution in [3.8, 4) is 0 Å². The molecule has 0 amide bonds. The third-order valence-electron chi connectivity index (χ3n) is 11.1. The van der Waals surface area contributed by atoms with Gasteiger partial charge in [-0.25, -0.2) is 9.59 Å². The first-order valence-electron chi connectivity index (χ1n) is 20.8. The Morgan fingerprint density at radius 2 is 1.14 bits per heavy atom. The number of carbonyl (C=O) groups excluding carboxylic acids is 1. The van der Waals surface area contributed by atoms with Crippen molar-refractivity contribution in [2.24, 2.45) is 0 Å². The zero-order valence-electron chi connectivity index (χ0n) is 33.2. The van der Waals surface area contributed by atoms with Gasteiger partial charge in [0.1, 0.15) is 12.2 Å². The number of unbranched alkanes of at least 4 members (excludes halogenated alkanes) is 18. The van der Waals surface area contributed by atoms with Crippen LogP contribution in [0, 0.1) is 6.92 Å². The SMILES string of the molecule is CCCCCCCCCCCCN(CCCCCCCCCCCC)c1cc2oc(=O)c(C)c(COC(=O)C[N+](CC)(CC)CC)c2cc1Cl. The average molecular weight is 719 g/mol. The molecule has 2 rings (SSSR count). The lowest BCUT2D eigenvalue weighted by Crippen LogP contribution is -2.51. The maximum atomic E-state index is 13.0. The molecule has 0 saturated carbocycles. The Labute approximate surface area is 311 Å². The van der Waals surface area contributed by atoms with E-state index in [1.54, 1.807) is 6.92 Å². The highest BCUT2D eigenvalue weighted by Crippen LogP contribution is 2.34. The number of ether oxygens (including phenoxy) is 1. The van der Waals surface area contributed by atoms with Crippen LogP contribution in [0.15, 0.2) is 21.3 Å². The van der Waals surface area contributed by atoms with Gasteiger partial charge >= 0.3 is 11.6 Å². The molecule has 0 N–H and O–H groups in total. The topological polar surface area (TPSA) is 59.8 Å². The molecule has 286 valence electrons. The Balaban J connectivity index is 2.13. The van der Waals surface area contributed by atoms with Gasteiger partial charge in [0.25, 0.3) is 0 Å². The normalized spacial score (nSPS) is 11.8. The summed E-state index contributed by atoms with van der Waals surface area (Å²) in [7, 11) is 0. The second-order valence-corrected chi connectivity index (χ2v) is 15.2. The van der Waals surface area contributed by atoms with E-state index in [4.69, 9.17) is 20.8 Å². The third-order valence-corrected chi connectivity index (χ3v) is 11.4. The lowest BCUT2D eigenvalue weighted by molar-refractivity contribution is -0.916. The number of likely N-dealkylation sites (N-methyl/N-ethyl adjacent to an activating group) is 1. The minimum Gasteiger partial charge on any atom is -0.457 e. The molecular formula is C43H74ClN2O4+. The quantitative estimate of drug-likeness (QED) is 0.0348. The molecule has 0 radical (unpaired) electrons. The van der Waals surface area contributed by atoms with Gasteiger partial charge in [0, 0.05) is 35.7 Å². The van der Waals surface area contributed by atoms with E-state index in [1.807, 2.05) is 12.1 Å². The summed E-state index contributed by atoms with van der Waals surface area (Å²) >= 11 is 7.06. The van der Waals surface area contributed by atoms with Gasteiger partial charge in [0.05, 0.1) is 30.3 Å². The fourth-order valence-electron chi connectivity index (χ4n) is 7.20. The van der Waals surface area contributed by atoms with Crippen molar-refractivity contribution in [1.82, 2.24) is 0 Å². The molecule has 50 heavy (non-hydrogen) atoms. The molecule has 0 aliphatic heterocycles.